The van der Waals surface area contributed by atoms with Crippen LogP contribution >= 0.6 is 0 Å². The van der Waals surface area contributed by atoms with Gasteiger partial charge < -0.3 is 9.84 Å². The van der Waals surface area contributed by atoms with Gasteiger partial charge in [0.15, 0.2) is 0 Å². The molecule has 0 atom stereocenters. The molecule has 118 valence electrons. The molecule has 1 fully saturated rings. The van der Waals surface area contributed by atoms with Crippen LogP contribution in [0.15, 0.2) is 23.1 Å². The summed E-state index contributed by atoms with van der Waals surface area (Å²) in [4.78, 5) is 0.210. The van der Waals surface area contributed by atoms with Gasteiger partial charge in [-0.1, -0.05) is 6.07 Å². The summed E-state index contributed by atoms with van der Waals surface area (Å²) in [5.74, 6) is 0.677. The number of benzene rings is 1. The summed E-state index contributed by atoms with van der Waals surface area (Å²) in [6.07, 6.45) is 2.45. The van der Waals surface area contributed by atoms with E-state index in [0.717, 1.165) is 12.2 Å². The van der Waals surface area contributed by atoms with Gasteiger partial charge in [0.2, 0.25) is 10.0 Å². The quantitative estimate of drug-likeness (QED) is 0.739. The van der Waals surface area contributed by atoms with Crippen molar-refractivity contribution in [2.75, 3.05) is 26.8 Å². The average Bonchev–Trinajstić information content (AvgIpc) is 3.27. The molecule has 1 saturated carbocycles. The van der Waals surface area contributed by atoms with Crippen LogP contribution < -0.4 is 0 Å². The highest BCUT2D eigenvalue weighted by molar-refractivity contribution is 7.89. The normalized spacial score (nSPS) is 15.6. The van der Waals surface area contributed by atoms with E-state index in [4.69, 9.17) is 4.74 Å². The van der Waals surface area contributed by atoms with E-state index in [0.29, 0.717) is 24.6 Å². The van der Waals surface area contributed by atoms with Crippen molar-refractivity contribution in [1.29, 1.82) is 0 Å². The molecule has 0 heterocycles. The van der Waals surface area contributed by atoms with Gasteiger partial charge in [-0.3, -0.25) is 0 Å². The molecule has 0 saturated heterocycles. The minimum absolute atomic E-state index is 0.163. The monoisotopic (exact) mass is 313 g/mol. The van der Waals surface area contributed by atoms with E-state index in [2.05, 4.69) is 0 Å². The van der Waals surface area contributed by atoms with Gasteiger partial charge in [0.05, 0.1) is 18.1 Å². The second kappa shape index (κ2) is 6.87. The van der Waals surface area contributed by atoms with Gasteiger partial charge in [0, 0.05) is 20.2 Å². The Bertz CT molecular complexity index is 581. The van der Waals surface area contributed by atoms with Crippen molar-refractivity contribution >= 4 is 10.0 Å². The number of aliphatic hydroxyl groups excluding tert-OH is 1. The zero-order valence-electron chi connectivity index (χ0n) is 12.6. The van der Waals surface area contributed by atoms with Crippen molar-refractivity contribution in [1.82, 2.24) is 4.31 Å². The van der Waals surface area contributed by atoms with Crippen molar-refractivity contribution in [3.63, 3.8) is 0 Å². The lowest BCUT2D eigenvalue weighted by Crippen LogP contribution is -2.30. The van der Waals surface area contributed by atoms with Crippen LogP contribution in [0, 0.1) is 12.8 Å². The van der Waals surface area contributed by atoms with E-state index in [1.54, 1.807) is 19.2 Å². The number of sulfonamides is 1. The van der Waals surface area contributed by atoms with Crippen LogP contribution in [0.2, 0.25) is 0 Å². The third-order valence-corrected chi connectivity index (χ3v) is 5.65. The third kappa shape index (κ3) is 4.26. The van der Waals surface area contributed by atoms with Crippen LogP contribution in [0.25, 0.3) is 0 Å². The van der Waals surface area contributed by atoms with Crippen molar-refractivity contribution < 1.29 is 18.3 Å². The lowest BCUT2D eigenvalue weighted by atomic mass is 10.1. The standard InChI is InChI=1S/C15H23NO4S/c1-12-3-6-15(9-14(12)10-17)21(18,19)16(2)7-8-20-11-13-4-5-13/h3,6,9,13,17H,4-5,7-8,10-11H2,1-2H3. The maximum Gasteiger partial charge on any atom is 0.242 e. The summed E-state index contributed by atoms with van der Waals surface area (Å²) < 4.78 is 31.7. The first-order valence-corrected chi connectivity index (χ1v) is 8.63. The number of aliphatic hydroxyl groups is 1. The summed E-state index contributed by atoms with van der Waals surface area (Å²) in [5.41, 5.74) is 1.52. The Morgan fingerprint density at radius 1 is 1.38 bits per heavy atom. The lowest BCUT2D eigenvalue weighted by molar-refractivity contribution is 0.117. The van der Waals surface area contributed by atoms with Gasteiger partial charge in [0.25, 0.3) is 0 Å². The number of ether oxygens (including phenoxy) is 1. The number of aryl methyl sites for hydroxylation is 1. The lowest BCUT2D eigenvalue weighted by Gasteiger charge is -2.18. The van der Waals surface area contributed by atoms with E-state index in [1.807, 2.05) is 6.92 Å². The predicted molar refractivity (Wildman–Crippen MR) is 80.5 cm³/mol. The maximum atomic E-state index is 12.4. The van der Waals surface area contributed by atoms with E-state index in [1.165, 1.54) is 23.2 Å². The highest BCUT2D eigenvalue weighted by Crippen LogP contribution is 2.28. The molecular weight excluding hydrogens is 290 g/mol. The van der Waals surface area contributed by atoms with Gasteiger partial charge in [-0.2, -0.15) is 4.31 Å². The molecule has 2 rings (SSSR count). The molecule has 0 bridgehead atoms. The van der Waals surface area contributed by atoms with Gasteiger partial charge in [-0.05, 0) is 48.9 Å². The summed E-state index contributed by atoms with van der Waals surface area (Å²) in [5, 5.41) is 9.25. The van der Waals surface area contributed by atoms with Crippen LogP contribution in [-0.4, -0.2) is 44.6 Å². The molecule has 1 aromatic rings. The fraction of sp³-hybridized carbons (Fsp3) is 0.600. The maximum absolute atomic E-state index is 12.4. The van der Waals surface area contributed by atoms with Crippen LogP contribution in [0.3, 0.4) is 0 Å². The first-order chi connectivity index (χ1) is 9.95. The highest BCUT2D eigenvalue weighted by atomic mass is 32.2. The van der Waals surface area contributed by atoms with Gasteiger partial charge in [0.1, 0.15) is 0 Å². The van der Waals surface area contributed by atoms with Crippen molar-refractivity contribution in [2.45, 2.75) is 31.3 Å². The molecule has 1 N–H and O–H groups in total. The highest BCUT2D eigenvalue weighted by Gasteiger charge is 2.23. The Labute approximate surface area is 126 Å². The Morgan fingerprint density at radius 2 is 2.10 bits per heavy atom. The molecule has 1 aromatic carbocycles. The number of likely N-dealkylation sites (N-methyl/N-ethyl adjacent to an activating group) is 1. The Hall–Kier alpha value is -0.950. The van der Waals surface area contributed by atoms with Gasteiger partial charge >= 0.3 is 0 Å². The molecule has 1 aliphatic carbocycles. The van der Waals surface area contributed by atoms with Crippen LogP contribution in [0.4, 0.5) is 0 Å². The Balaban J connectivity index is 1.98. The Kier molecular flexibility index (Phi) is 5.37. The summed E-state index contributed by atoms with van der Waals surface area (Å²) in [7, 11) is -1.98. The van der Waals surface area contributed by atoms with Gasteiger partial charge in [-0.25, -0.2) is 8.42 Å². The number of hydrogen-bond acceptors (Lipinski definition) is 4. The Morgan fingerprint density at radius 3 is 2.71 bits per heavy atom. The molecule has 1 aliphatic rings. The summed E-state index contributed by atoms with van der Waals surface area (Å²) in [6, 6.07) is 4.83. The summed E-state index contributed by atoms with van der Waals surface area (Å²) in [6.45, 7) is 3.15. The van der Waals surface area contributed by atoms with Crippen molar-refractivity contribution in [3.8, 4) is 0 Å². The number of hydrogen-bond donors (Lipinski definition) is 1. The molecule has 0 amide bonds. The zero-order chi connectivity index (χ0) is 15.5. The molecule has 5 nitrogen and oxygen atoms in total. The fourth-order valence-electron chi connectivity index (χ4n) is 2.01. The summed E-state index contributed by atoms with van der Waals surface area (Å²) >= 11 is 0. The SMILES string of the molecule is Cc1ccc(S(=O)(=O)N(C)CCOCC2CC2)cc1CO. The average molecular weight is 313 g/mol. The third-order valence-electron chi connectivity index (χ3n) is 3.80. The molecule has 0 aliphatic heterocycles. The molecule has 21 heavy (non-hydrogen) atoms. The molecule has 0 aromatic heterocycles. The van der Waals surface area contributed by atoms with E-state index < -0.39 is 10.0 Å². The minimum Gasteiger partial charge on any atom is -0.392 e. The number of nitrogens with zero attached hydrogens (tertiary/aromatic N) is 1. The van der Waals surface area contributed by atoms with E-state index >= 15 is 0 Å². The predicted octanol–water partition coefficient (Wildman–Crippen LogP) is 1.53. The van der Waals surface area contributed by atoms with Gasteiger partial charge in [-0.15, -0.1) is 0 Å². The first-order valence-electron chi connectivity index (χ1n) is 7.19. The van der Waals surface area contributed by atoms with Crippen molar-refractivity contribution in [2.24, 2.45) is 5.92 Å². The fourth-order valence-corrected chi connectivity index (χ4v) is 3.21. The van der Waals surface area contributed by atoms with Crippen molar-refractivity contribution in [3.05, 3.63) is 29.3 Å². The van der Waals surface area contributed by atoms with E-state index in [-0.39, 0.29) is 11.5 Å². The molecule has 6 heteroatoms. The molecule has 0 unspecified atom stereocenters. The topological polar surface area (TPSA) is 66.8 Å². The zero-order valence-corrected chi connectivity index (χ0v) is 13.4. The largest absolute Gasteiger partial charge is 0.392 e. The van der Waals surface area contributed by atoms with Crippen LogP contribution in [0.1, 0.15) is 24.0 Å². The molecular formula is C15H23NO4S. The van der Waals surface area contributed by atoms with E-state index in [9.17, 15) is 13.5 Å². The molecule has 0 spiro atoms. The second-order valence-electron chi connectivity index (χ2n) is 5.59. The minimum atomic E-state index is -3.53. The van der Waals surface area contributed by atoms with Crippen LogP contribution in [-0.2, 0) is 21.4 Å². The second-order valence-corrected chi connectivity index (χ2v) is 7.64. The number of rotatable bonds is 8. The molecule has 0 radical (unpaired) electrons. The van der Waals surface area contributed by atoms with Crippen LogP contribution in [0.5, 0.6) is 0 Å². The smallest absolute Gasteiger partial charge is 0.242 e. The first kappa shape index (κ1) is 16.4.